The van der Waals surface area contributed by atoms with Crippen LogP contribution in [-0.4, -0.2) is 16.1 Å². The van der Waals surface area contributed by atoms with Gasteiger partial charge in [0.1, 0.15) is 0 Å². The van der Waals surface area contributed by atoms with Crippen LogP contribution in [0.5, 0.6) is 0 Å². The molecule has 0 spiro atoms. The summed E-state index contributed by atoms with van der Waals surface area (Å²) in [5.74, 6) is -3.22. The van der Waals surface area contributed by atoms with E-state index in [9.17, 15) is 18.0 Å². The molecule has 82 valence electrons. The molecule has 0 bridgehead atoms. The lowest BCUT2D eigenvalue weighted by Crippen LogP contribution is -2.10. The van der Waals surface area contributed by atoms with Gasteiger partial charge in [0.05, 0.1) is 17.1 Å². The zero-order chi connectivity index (χ0) is 11.6. The summed E-state index contributed by atoms with van der Waals surface area (Å²) in [7, 11) is 0. The Morgan fingerprint density at radius 1 is 1.60 bits per heavy atom. The van der Waals surface area contributed by atoms with Gasteiger partial charge in [-0.15, -0.1) is 11.6 Å². The highest BCUT2D eigenvalue weighted by molar-refractivity contribution is 6.17. The molecule has 0 aliphatic rings. The average molecular weight is 240 g/mol. The quantitative estimate of drug-likeness (QED) is 0.652. The van der Waals surface area contributed by atoms with Gasteiger partial charge in [-0.05, 0) is 0 Å². The summed E-state index contributed by atoms with van der Waals surface area (Å²) in [6.45, 7) is 0. The molecule has 1 aromatic rings. The van der Waals surface area contributed by atoms with Gasteiger partial charge < -0.3 is 5.11 Å². The Morgan fingerprint density at radius 3 is 2.60 bits per heavy atom. The van der Waals surface area contributed by atoms with Crippen LogP contribution in [-0.2, 0) is 5.88 Å². The van der Waals surface area contributed by atoms with E-state index in [-0.39, 0.29) is 0 Å². The molecule has 3 nitrogen and oxygen atoms in total. The van der Waals surface area contributed by atoms with Crippen LogP contribution in [0.3, 0.4) is 0 Å². The molecule has 15 heavy (non-hydrogen) atoms. The molecular weight excluding hydrogens is 235 g/mol. The van der Waals surface area contributed by atoms with Crippen molar-refractivity contribution < 1.29 is 23.1 Å². The van der Waals surface area contributed by atoms with Crippen LogP contribution in [0, 0.1) is 5.95 Å². The molecule has 0 atom stereocenters. The van der Waals surface area contributed by atoms with Crippen molar-refractivity contribution in [2.24, 2.45) is 0 Å². The normalized spacial score (nSPS) is 10.7. The van der Waals surface area contributed by atoms with Gasteiger partial charge in [-0.2, -0.15) is 4.39 Å². The second-order valence-corrected chi connectivity index (χ2v) is 2.86. The van der Waals surface area contributed by atoms with Crippen molar-refractivity contribution >= 4 is 17.6 Å². The van der Waals surface area contributed by atoms with Gasteiger partial charge in [-0.3, -0.25) is 0 Å². The van der Waals surface area contributed by atoms with E-state index in [0.29, 0.717) is 6.07 Å². The number of carboxylic acid groups (broad SMARTS) is 1. The van der Waals surface area contributed by atoms with Gasteiger partial charge in [0.25, 0.3) is 6.43 Å². The van der Waals surface area contributed by atoms with Gasteiger partial charge >= 0.3 is 5.97 Å². The fraction of sp³-hybridized carbons (Fsp3) is 0.250. The van der Waals surface area contributed by atoms with Crippen LogP contribution in [0.1, 0.15) is 28.0 Å². The Morgan fingerprint density at radius 2 is 2.20 bits per heavy atom. The zero-order valence-corrected chi connectivity index (χ0v) is 7.93. The number of rotatable bonds is 3. The third-order valence-corrected chi connectivity index (χ3v) is 1.92. The van der Waals surface area contributed by atoms with E-state index in [4.69, 9.17) is 16.7 Å². The molecule has 1 aromatic heterocycles. The van der Waals surface area contributed by atoms with Crippen LogP contribution in [0.15, 0.2) is 6.07 Å². The van der Waals surface area contributed by atoms with Crippen molar-refractivity contribution in [1.82, 2.24) is 4.98 Å². The summed E-state index contributed by atoms with van der Waals surface area (Å²) in [4.78, 5) is 13.8. The number of aromatic carboxylic acids is 1. The van der Waals surface area contributed by atoms with Gasteiger partial charge in [0.15, 0.2) is 0 Å². The number of aromatic nitrogens is 1. The summed E-state index contributed by atoms with van der Waals surface area (Å²) in [5, 5.41) is 8.66. The van der Waals surface area contributed by atoms with Crippen molar-refractivity contribution in [3.8, 4) is 0 Å². The van der Waals surface area contributed by atoms with E-state index in [1.165, 1.54) is 0 Å². The average Bonchev–Trinajstić information content (AvgIpc) is 2.15. The molecule has 1 N–H and O–H groups in total. The first-order valence-corrected chi connectivity index (χ1v) is 4.27. The minimum absolute atomic E-state index is 0.393. The van der Waals surface area contributed by atoms with Gasteiger partial charge in [0, 0.05) is 11.6 Å². The minimum atomic E-state index is -3.09. The van der Waals surface area contributed by atoms with Crippen molar-refractivity contribution in [2.45, 2.75) is 12.3 Å². The molecule has 0 saturated heterocycles. The first-order valence-electron chi connectivity index (χ1n) is 3.74. The molecule has 1 rings (SSSR count). The van der Waals surface area contributed by atoms with E-state index in [0.717, 1.165) is 0 Å². The van der Waals surface area contributed by atoms with Crippen molar-refractivity contribution in [2.75, 3.05) is 0 Å². The van der Waals surface area contributed by atoms with Gasteiger partial charge in [-0.1, -0.05) is 0 Å². The number of nitrogens with zero attached hydrogens (tertiary/aromatic N) is 1. The maximum atomic E-state index is 12.7. The van der Waals surface area contributed by atoms with Crippen LogP contribution < -0.4 is 0 Å². The van der Waals surface area contributed by atoms with Gasteiger partial charge in [-0.25, -0.2) is 18.6 Å². The molecular formula is C8H5ClF3NO2. The topological polar surface area (TPSA) is 50.2 Å². The smallest absolute Gasteiger partial charge is 0.338 e. The van der Waals surface area contributed by atoms with E-state index >= 15 is 0 Å². The molecule has 0 aliphatic heterocycles. The van der Waals surface area contributed by atoms with Crippen molar-refractivity contribution in [3.63, 3.8) is 0 Å². The summed E-state index contributed by atoms with van der Waals surface area (Å²) in [6.07, 6.45) is -3.09. The summed E-state index contributed by atoms with van der Waals surface area (Å²) >= 11 is 5.29. The Labute approximate surface area is 87.5 Å². The summed E-state index contributed by atoms with van der Waals surface area (Å²) in [5.41, 5.74) is -2.05. The lowest BCUT2D eigenvalue weighted by molar-refractivity contribution is 0.0682. The second kappa shape index (κ2) is 4.48. The Bertz CT molecular complexity index is 398. The molecule has 0 fully saturated rings. The highest BCUT2D eigenvalue weighted by Gasteiger charge is 2.23. The minimum Gasteiger partial charge on any atom is -0.478 e. The number of halogens is 4. The molecule has 7 heteroatoms. The predicted octanol–water partition coefficient (Wildman–Crippen LogP) is 2.60. The van der Waals surface area contributed by atoms with Crippen LogP contribution in [0.25, 0.3) is 0 Å². The molecule has 1 heterocycles. The van der Waals surface area contributed by atoms with Crippen LogP contribution in [0.2, 0.25) is 0 Å². The predicted molar refractivity (Wildman–Crippen MR) is 45.7 cm³/mol. The van der Waals surface area contributed by atoms with E-state index in [2.05, 4.69) is 4.98 Å². The molecule has 0 saturated carbocycles. The Balaban J connectivity index is 3.47. The molecule has 0 radical (unpaired) electrons. The molecule has 0 aliphatic carbocycles. The molecule has 0 aromatic carbocycles. The van der Waals surface area contributed by atoms with E-state index < -0.39 is 41.0 Å². The first kappa shape index (κ1) is 11.8. The maximum Gasteiger partial charge on any atom is 0.338 e. The number of alkyl halides is 3. The third kappa shape index (κ3) is 2.38. The number of hydrogen-bond acceptors (Lipinski definition) is 2. The SMILES string of the molecule is O=C(O)c1c(C(F)F)cc(F)nc1CCl. The highest BCUT2D eigenvalue weighted by atomic mass is 35.5. The lowest BCUT2D eigenvalue weighted by Gasteiger charge is -2.08. The maximum absolute atomic E-state index is 12.7. The standard InChI is InChI=1S/C8H5ClF3NO2/c9-2-4-6(8(14)15)3(7(11)12)1-5(10)13-4/h1,7H,2H2,(H,14,15). The Hall–Kier alpha value is -1.30. The number of pyridine rings is 1. The first-order chi connectivity index (χ1) is 6.97. The molecule has 0 unspecified atom stereocenters. The highest BCUT2D eigenvalue weighted by Crippen LogP contribution is 2.26. The number of hydrogen-bond donors (Lipinski definition) is 1. The zero-order valence-electron chi connectivity index (χ0n) is 7.18. The second-order valence-electron chi connectivity index (χ2n) is 2.60. The molecule has 0 amide bonds. The van der Waals surface area contributed by atoms with Crippen molar-refractivity contribution in [1.29, 1.82) is 0 Å². The lowest BCUT2D eigenvalue weighted by atomic mass is 10.1. The van der Waals surface area contributed by atoms with Crippen LogP contribution in [0.4, 0.5) is 13.2 Å². The van der Waals surface area contributed by atoms with E-state index in [1.54, 1.807) is 0 Å². The van der Waals surface area contributed by atoms with Crippen LogP contribution >= 0.6 is 11.6 Å². The van der Waals surface area contributed by atoms with Crippen molar-refractivity contribution in [3.05, 3.63) is 28.8 Å². The largest absolute Gasteiger partial charge is 0.478 e. The third-order valence-electron chi connectivity index (χ3n) is 1.67. The van der Waals surface area contributed by atoms with E-state index in [1.807, 2.05) is 0 Å². The fourth-order valence-electron chi connectivity index (χ4n) is 1.10. The fourth-order valence-corrected chi connectivity index (χ4v) is 1.29. The monoisotopic (exact) mass is 239 g/mol. The van der Waals surface area contributed by atoms with Gasteiger partial charge in [0.2, 0.25) is 5.95 Å². The number of carboxylic acids is 1. The number of carbonyl (C=O) groups is 1. The summed E-state index contributed by atoms with van der Waals surface area (Å²) in [6, 6.07) is 0.393. The summed E-state index contributed by atoms with van der Waals surface area (Å²) < 4.78 is 37.5. The Kier molecular flexibility index (Phi) is 3.52.